The predicted molar refractivity (Wildman–Crippen MR) is 120 cm³/mol. The highest BCUT2D eigenvalue weighted by molar-refractivity contribution is 14.0. The Bertz CT molecular complexity index is 630. The lowest BCUT2D eigenvalue weighted by molar-refractivity contribution is -0.116. The average molecular weight is 473 g/mol. The lowest BCUT2D eigenvalue weighted by atomic mass is 9.90. The molecule has 1 unspecified atom stereocenters. The van der Waals surface area contributed by atoms with Crippen LogP contribution in [-0.4, -0.2) is 57.5 Å². The number of rotatable bonds is 6. The monoisotopic (exact) mass is 473 g/mol. The third-order valence-electron chi connectivity index (χ3n) is 4.32. The molecule has 6 nitrogen and oxygen atoms in total. The van der Waals surface area contributed by atoms with Gasteiger partial charge in [-0.2, -0.15) is 0 Å². The number of nitrogens with one attached hydrogen (secondary N) is 3. The Balaban J connectivity index is 0.00000338. The molecular weight excluding hydrogens is 441 g/mol. The van der Waals surface area contributed by atoms with Gasteiger partial charge in [-0.05, 0) is 31.1 Å². The Labute approximate surface area is 174 Å². The largest absolute Gasteiger partial charge is 0.356 e. The molecule has 1 aromatic rings. The molecule has 0 aliphatic carbocycles. The zero-order valence-electron chi connectivity index (χ0n) is 16.4. The van der Waals surface area contributed by atoms with Gasteiger partial charge in [0.05, 0.1) is 0 Å². The molecule has 1 heterocycles. The summed E-state index contributed by atoms with van der Waals surface area (Å²) in [6.45, 7) is 6.96. The van der Waals surface area contributed by atoms with Crippen LogP contribution in [0.15, 0.2) is 29.3 Å². The van der Waals surface area contributed by atoms with Crippen molar-refractivity contribution in [2.75, 3.05) is 46.1 Å². The van der Waals surface area contributed by atoms with Crippen LogP contribution >= 0.6 is 24.0 Å². The molecule has 3 N–H and O–H groups in total. The van der Waals surface area contributed by atoms with E-state index >= 15 is 0 Å². The molecule has 1 aliphatic heterocycles. The number of carbonyl (C=O) groups is 1. The van der Waals surface area contributed by atoms with Crippen molar-refractivity contribution < 1.29 is 4.79 Å². The highest BCUT2D eigenvalue weighted by Gasteiger charge is 2.25. The number of fused-ring (bicyclic) bond motifs is 1. The minimum atomic E-state index is 0. The molecule has 26 heavy (non-hydrogen) atoms. The van der Waals surface area contributed by atoms with E-state index in [1.807, 2.05) is 18.2 Å². The van der Waals surface area contributed by atoms with Crippen LogP contribution in [0.4, 0.5) is 5.69 Å². The van der Waals surface area contributed by atoms with Gasteiger partial charge < -0.3 is 20.9 Å². The number of nitrogens with zero attached hydrogens (tertiary/aromatic N) is 2. The summed E-state index contributed by atoms with van der Waals surface area (Å²) in [6.07, 6.45) is 0.493. The number of halogens is 1. The van der Waals surface area contributed by atoms with Crippen molar-refractivity contribution in [1.82, 2.24) is 15.5 Å². The van der Waals surface area contributed by atoms with E-state index in [4.69, 9.17) is 0 Å². The first-order valence-electron chi connectivity index (χ1n) is 8.79. The van der Waals surface area contributed by atoms with E-state index in [2.05, 4.69) is 59.9 Å². The minimum absolute atomic E-state index is 0. The van der Waals surface area contributed by atoms with Crippen molar-refractivity contribution in [2.45, 2.75) is 26.2 Å². The third kappa shape index (κ3) is 6.75. The van der Waals surface area contributed by atoms with Gasteiger partial charge in [-0.25, -0.2) is 0 Å². The molecule has 0 saturated carbocycles. The van der Waals surface area contributed by atoms with E-state index in [9.17, 15) is 4.79 Å². The molecule has 0 aromatic heterocycles. The summed E-state index contributed by atoms with van der Waals surface area (Å²) in [5.41, 5.74) is 2.23. The molecule has 146 valence electrons. The summed E-state index contributed by atoms with van der Waals surface area (Å²) in [6, 6.07) is 8.00. The highest BCUT2D eigenvalue weighted by Crippen LogP contribution is 2.31. The topological polar surface area (TPSA) is 68.8 Å². The lowest BCUT2D eigenvalue weighted by Crippen LogP contribution is -2.46. The number of benzene rings is 1. The van der Waals surface area contributed by atoms with E-state index in [0.717, 1.165) is 24.7 Å². The number of amides is 1. The minimum Gasteiger partial charge on any atom is -0.356 e. The number of anilines is 1. The van der Waals surface area contributed by atoms with E-state index in [1.54, 1.807) is 7.05 Å². The van der Waals surface area contributed by atoms with Crippen molar-refractivity contribution in [3.05, 3.63) is 29.8 Å². The molecule has 0 radical (unpaired) electrons. The molecule has 0 spiro atoms. The molecule has 1 aliphatic rings. The quantitative estimate of drug-likeness (QED) is 0.338. The second-order valence-corrected chi connectivity index (χ2v) is 7.75. The lowest BCUT2D eigenvalue weighted by Gasteiger charge is -2.30. The summed E-state index contributed by atoms with van der Waals surface area (Å²) in [5.74, 6) is 0.995. The van der Waals surface area contributed by atoms with Gasteiger partial charge in [-0.1, -0.05) is 32.0 Å². The van der Waals surface area contributed by atoms with E-state index in [0.29, 0.717) is 13.0 Å². The predicted octanol–water partition coefficient (Wildman–Crippen LogP) is 2.48. The Hall–Kier alpha value is -1.35. The molecule has 0 saturated heterocycles. The first-order valence-corrected chi connectivity index (χ1v) is 8.79. The first-order chi connectivity index (χ1) is 11.8. The number of para-hydroxylation sites is 1. The summed E-state index contributed by atoms with van der Waals surface area (Å²) < 4.78 is 0. The van der Waals surface area contributed by atoms with Crippen LogP contribution in [0.1, 0.15) is 31.7 Å². The van der Waals surface area contributed by atoms with Gasteiger partial charge >= 0.3 is 0 Å². The summed E-state index contributed by atoms with van der Waals surface area (Å²) in [7, 11) is 5.94. The maximum atomic E-state index is 11.9. The smallest absolute Gasteiger partial charge is 0.225 e. The molecule has 1 atom stereocenters. The molecule has 2 rings (SSSR count). The zero-order chi connectivity index (χ0) is 18.4. The van der Waals surface area contributed by atoms with Crippen LogP contribution in [0.2, 0.25) is 0 Å². The fourth-order valence-corrected chi connectivity index (χ4v) is 3.36. The number of hydrogen-bond donors (Lipinski definition) is 3. The van der Waals surface area contributed by atoms with Crippen LogP contribution < -0.4 is 16.0 Å². The average Bonchev–Trinajstić information content (AvgIpc) is 2.53. The summed E-state index contributed by atoms with van der Waals surface area (Å²) in [4.78, 5) is 18.4. The SMILES string of the molecule is CN=C(NCC1CC(=O)Nc2ccccc21)NCC(C)(C)CN(C)C.I. The second kappa shape index (κ2) is 10.1. The Morgan fingerprint density at radius 1 is 1.31 bits per heavy atom. The Morgan fingerprint density at radius 2 is 2.00 bits per heavy atom. The Morgan fingerprint density at radius 3 is 2.65 bits per heavy atom. The van der Waals surface area contributed by atoms with E-state index < -0.39 is 0 Å². The van der Waals surface area contributed by atoms with Gasteiger partial charge in [0.1, 0.15) is 0 Å². The van der Waals surface area contributed by atoms with Crippen LogP contribution in [0.25, 0.3) is 0 Å². The van der Waals surface area contributed by atoms with Crippen molar-refractivity contribution >= 4 is 41.5 Å². The van der Waals surface area contributed by atoms with Crippen LogP contribution in [-0.2, 0) is 4.79 Å². The van der Waals surface area contributed by atoms with Crippen LogP contribution in [0.5, 0.6) is 0 Å². The maximum absolute atomic E-state index is 11.9. The standard InChI is InChI=1S/C19H31N5O.HI/c1-19(2,13-24(4)5)12-22-18(20-3)21-11-14-10-17(25)23-16-9-7-6-8-15(14)16;/h6-9,14H,10-13H2,1-5H3,(H,23,25)(H2,20,21,22);1H. The van der Waals surface area contributed by atoms with Crippen molar-refractivity contribution in [2.24, 2.45) is 10.4 Å². The van der Waals surface area contributed by atoms with Gasteiger partial charge in [0, 0.05) is 44.7 Å². The van der Waals surface area contributed by atoms with Gasteiger partial charge in [-0.3, -0.25) is 9.79 Å². The van der Waals surface area contributed by atoms with Gasteiger partial charge in [0.2, 0.25) is 5.91 Å². The molecule has 0 bridgehead atoms. The molecule has 1 aromatic carbocycles. The van der Waals surface area contributed by atoms with Crippen molar-refractivity contribution in [1.29, 1.82) is 0 Å². The van der Waals surface area contributed by atoms with E-state index in [-0.39, 0.29) is 41.2 Å². The Kier molecular flexibility index (Phi) is 8.82. The van der Waals surface area contributed by atoms with Crippen LogP contribution in [0, 0.1) is 5.41 Å². The number of hydrogen-bond acceptors (Lipinski definition) is 3. The van der Waals surface area contributed by atoms with E-state index in [1.165, 1.54) is 5.56 Å². The zero-order valence-corrected chi connectivity index (χ0v) is 18.8. The molecule has 0 fully saturated rings. The summed E-state index contributed by atoms with van der Waals surface area (Å²) >= 11 is 0. The van der Waals surface area contributed by atoms with Gasteiger partial charge in [0.15, 0.2) is 5.96 Å². The highest BCUT2D eigenvalue weighted by atomic mass is 127. The first kappa shape index (κ1) is 22.7. The fourth-order valence-electron chi connectivity index (χ4n) is 3.36. The molecular formula is C19H32IN5O. The molecule has 7 heteroatoms. The number of aliphatic imine (C=N–C) groups is 1. The van der Waals surface area contributed by atoms with Crippen molar-refractivity contribution in [3.8, 4) is 0 Å². The number of carbonyl (C=O) groups excluding carboxylic acids is 1. The normalized spacial score (nSPS) is 17.2. The fraction of sp³-hybridized carbons (Fsp3) is 0.579. The second-order valence-electron chi connectivity index (χ2n) is 7.75. The van der Waals surface area contributed by atoms with Gasteiger partial charge in [-0.15, -0.1) is 24.0 Å². The van der Waals surface area contributed by atoms with Crippen LogP contribution in [0.3, 0.4) is 0 Å². The third-order valence-corrected chi connectivity index (χ3v) is 4.32. The van der Waals surface area contributed by atoms with Crippen molar-refractivity contribution in [3.63, 3.8) is 0 Å². The molecule has 1 amide bonds. The summed E-state index contributed by atoms with van der Waals surface area (Å²) in [5, 5.41) is 9.71. The van der Waals surface area contributed by atoms with Gasteiger partial charge in [0.25, 0.3) is 0 Å². The maximum Gasteiger partial charge on any atom is 0.225 e. The number of guanidine groups is 1.